The van der Waals surface area contributed by atoms with E-state index in [-0.39, 0.29) is 5.91 Å². The summed E-state index contributed by atoms with van der Waals surface area (Å²) in [4.78, 5) is 12.1. The second kappa shape index (κ2) is 7.18. The lowest BCUT2D eigenvalue weighted by molar-refractivity contribution is 0.0955. The number of amides is 1. The van der Waals surface area contributed by atoms with Gasteiger partial charge in [0.25, 0.3) is 5.91 Å². The molecule has 3 rings (SSSR count). The first kappa shape index (κ1) is 14.7. The van der Waals surface area contributed by atoms with Gasteiger partial charge in [-0.1, -0.05) is 66.7 Å². The Morgan fingerprint density at radius 2 is 1.61 bits per heavy atom. The molecule has 0 aliphatic heterocycles. The van der Waals surface area contributed by atoms with Gasteiger partial charge in [0.2, 0.25) is 0 Å². The first-order valence-electron chi connectivity index (χ1n) is 7.37. The molecule has 0 spiro atoms. The zero-order valence-corrected chi connectivity index (χ0v) is 12.5. The van der Waals surface area contributed by atoms with Crippen molar-refractivity contribution in [2.24, 2.45) is 5.10 Å². The van der Waals surface area contributed by atoms with Crippen molar-refractivity contribution in [1.82, 2.24) is 5.43 Å². The molecule has 1 N–H and O–H groups in total. The summed E-state index contributed by atoms with van der Waals surface area (Å²) in [5.74, 6) is -0.222. The summed E-state index contributed by atoms with van der Waals surface area (Å²) in [5, 5.41) is 6.08. The van der Waals surface area contributed by atoms with Gasteiger partial charge in [-0.05, 0) is 34.5 Å². The number of carbonyl (C=O) groups is 1. The summed E-state index contributed by atoms with van der Waals surface area (Å²) in [5.41, 5.74) is 4.20. The first-order chi connectivity index (χ1) is 11.3. The zero-order valence-electron chi connectivity index (χ0n) is 12.5. The van der Waals surface area contributed by atoms with E-state index in [1.165, 1.54) is 0 Å². The van der Waals surface area contributed by atoms with E-state index >= 15 is 0 Å². The predicted octanol–water partition coefficient (Wildman–Crippen LogP) is 4.27. The molecule has 3 aromatic rings. The quantitative estimate of drug-likeness (QED) is 0.567. The molecule has 0 radical (unpaired) electrons. The highest BCUT2D eigenvalue weighted by Gasteiger charge is 2.04. The van der Waals surface area contributed by atoms with Crippen LogP contribution in [0, 0.1) is 0 Å². The van der Waals surface area contributed by atoms with Crippen molar-refractivity contribution >= 4 is 29.0 Å². The molecule has 0 aliphatic rings. The van der Waals surface area contributed by atoms with E-state index in [0.29, 0.717) is 5.56 Å². The summed E-state index contributed by atoms with van der Waals surface area (Å²) < 4.78 is 0. The van der Waals surface area contributed by atoms with Gasteiger partial charge in [-0.3, -0.25) is 4.79 Å². The van der Waals surface area contributed by atoms with Gasteiger partial charge in [0.15, 0.2) is 0 Å². The van der Waals surface area contributed by atoms with Crippen molar-refractivity contribution in [2.45, 2.75) is 0 Å². The Balaban J connectivity index is 1.62. The third-order valence-electron chi connectivity index (χ3n) is 3.43. The van der Waals surface area contributed by atoms with Gasteiger partial charge in [-0.15, -0.1) is 0 Å². The number of nitrogens with zero attached hydrogens (tertiary/aromatic N) is 1. The van der Waals surface area contributed by atoms with Crippen LogP contribution in [0.25, 0.3) is 16.8 Å². The third kappa shape index (κ3) is 3.92. The lowest BCUT2D eigenvalue weighted by atomic mass is 10.1. The van der Waals surface area contributed by atoms with Crippen molar-refractivity contribution in [3.8, 4) is 0 Å². The van der Waals surface area contributed by atoms with Crippen molar-refractivity contribution in [2.75, 3.05) is 0 Å². The number of hydrogen-bond donors (Lipinski definition) is 1. The fraction of sp³-hybridized carbons (Fsp3) is 0. The molecule has 0 aliphatic carbocycles. The Morgan fingerprint density at radius 3 is 2.43 bits per heavy atom. The number of benzene rings is 3. The minimum absolute atomic E-state index is 0.222. The minimum atomic E-state index is -0.222. The molecule has 0 atom stereocenters. The summed E-state index contributed by atoms with van der Waals surface area (Å²) in [6.07, 6.45) is 5.27. The fourth-order valence-electron chi connectivity index (χ4n) is 2.25. The van der Waals surface area contributed by atoms with E-state index < -0.39 is 0 Å². The number of hydrazone groups is 1. The van der Waals surface area contributed by atoms with Gasteiger partial charge >= 0.3 is 0 Å². The third-order valence-corrected chi connectivity index (χ3v) is 3.43. The van der Waals surface area contributed by atoms with Gasteiger partial charge in [0.05, 0.1) is 0 Å². The van der Waals surface area contributed by atoms with Crippen LogP contribution in [0.3, 0.4) is 0 Å². The molecule has 112 valence electrons. The highest BCUT2D eigenvalue weighted by Crippen LogP contribution is 2.15. The Bertz CT molecular complexity index is 867. The average molecular weight is 300 g/mol. The van der Waals surface area contributed by atoms with Crippen molar-refractivity contribution in [3.63, 3.8) is 0 Å². The Hall–Kier alpha value is -3.20. The van der Waals surface area contributed by atoms with E-state index in [4.69, 9.17) is 0 Å². The number of hydrogen-bond acceptors (Lipinski definition) is 2. The molecule has 0 saturated heterocycles. The molecule has 0 aromatic heterocycles. The highest BCUT2D eigenvalue weighted by molar-refractivity contribution is 5.98. The second-order valence-electron chi connectivity index (χ2n) is 5.05. The Kier molecular flexibility index (Phi) is 4.60. The summed E-state index contributed by atoms with van der Waals surface area (Å²) >= 11 is 0. The molecule has 1 amide bonds. The second-order valence-corrected chi connectivity index (χ2v) is 5.05. The van der Waals surface area contributed by atoms with Gasteiger partial charge in [0.1, 0.15) is 0 Å². The number of nitrogens with one attached hydrogen (secondary N) is 1. The van der Waals surface area contributed by atoms with Crippen LogP contribution >= 0.6 is 0 Å². The molecule has 0 bridgehead atoms. The normalized spacial score (nSPS) is 11.3. The standard InChI is InChI=1S/C20H16N2O/c23-20(19-13-12-17-10-4-5-11-18(17)15-19)22-21-14-6-9-16-7-2-1-3-8-16/h1-15H,(H,22,23)/b9-6+,21-14-. The smallest absolute Gasteiger partial charge is 0.267 e. The minimum Gasteiger partial charge on any atom is -0.267 e. The van der Waals surface area contributed by atoms with E-state index in [0.717, 1.165) is 16.3 Å². The lowest BCUT2D eigenvalue weighted by Crippen LogP contribution is -2.17. The van der Waals surface area contributed by atoms with Gasteiger partial charge in [-0.25, -0.2) is 5.43 Å². The first-order valence-corrected chi connectivity index (χ1v) is 7.37. The molecular weight excluding hydrogens is 284 g/mol. The molecule has 0 unspecified atom stereocenters. The van der Waals surface area contributed by atoms with Gasteiger partial charge in [-0.2, -0.15) is 5.10 Å². The van der Waals surface area contributed by atoms with E-state index in [2.05, 4.69) is 10.5 Å². The van der Waals surface area contributed by atoms with Crippen LogP contribution < -0.4 is 5.43 Å². The molecule has 0 saturated carbocycles. The Labute approximate surface area is 135 Å². The fourth-order valence-corrected chi connectivity index (χ4v) is 2.25. The lowest BCUT2D eigenvalue weighted by Gasteiger charge is -2.02. The molecule has 23 heavy (non-hydrogen) atoms. The number of allylic oxidation sites excluding steroid dienone is 1. The van der Waals surface area contributed by atoms with Crippen LogP contribution in [0.1, 0.15) is 15.9 Å². The van der Waals surface area contributed by atoms with E-state index in [1.807, 2.05) is 72.8 Å². The van der Waals surface area contributed by atoms with Crippen molar-refractivity contribution in [3.05, 3.63) is 90.0 Å². The molecule has 0 heterocycles. The largest absolute Gasteiger partial charge is 0.271 e. The maximum absolute atomic E-state index is 12.1. The number of fused-ring (bicyclic) bond motifs is 1. The topological polar surface area (TPSA) is 41.5 Å². The maximum atomic E-state index is 12.1. The van der Waals surface area contributed by atoms with Crippen LogP contribution in [-0.4, -0.2) is 12.1 Å². The van der Waals surface area contributed by atoms with Crippen LogP contribution in [0.15, 0.2) is 84.0 Å². The number of carbonyl (C=O) groups excluding carboxylic acids is 1. The van der Waals surface area contributed by atoms with Gasteiger partial charge in [0, 0.05) is 11.8 Å². The van der Waals surface area contributed by atoms with Crippen LogP contribution in [0.2, 0.25) is 0 Å². The monoisotopic (exact) mass is 300 g/mol. The van der Waals surface area contributed by atoms with Crippen LogP contribution in [0.5, 0.6) is 0 Å². The van der Waals surface area contributed by atoms with Gasteiger partial charge < -0.3 is 0 Å². The predicted molar refractivity (Wildman–Crippen MR) is 95.4 cm³/mol. The molecule has 3 nitrogen and oxygen atoms in total. The van der Waals surface area contributed by atoms with Crippen LogP contribution in [-0.2, 0) is 0 Å². The maximum Gasteiger partial charge on any atom is 0.271 e. The summed E-state index contributed by atoms with van der Waals surface area (Å²) in [6, 6.07) is 23.4. The average Bonchev–Trinajstić information content (AvgIpc) is 2.61. The molecule has 0 fully saturated rings. The van der Waals surface area contributed by atoms with E-state index in [1.54, 1.807) is 18.4 Å². The highest BCUT2D eigenvalue weighted by atomic mass is 16.2. The van der Waals surface area contributed by atoms with E-state index in [9.17, 15) is 4.79 Å². The molecule has 3 heteroatoms. The van der Waals surface area contributed by atoms with Crippen molar-refractivity contribution in [1.29, 1.82) is 0 Å². The van der Waals surface area contributed by atoms with Crippen molar-refractivity contribution < 1.29 is 4.79 Å². The summed E-state index contributed by atoms with van der Waals surface area (Å²) in [6.45, 7) is 0. The zero-order chi connectivity index (χ0) is 15.9. The molecular formula is C20H16N2O. The van der Waals surface area contributed by atoms with Crippen LogP contribution in [0.4, 0.5) is 0 Å². The summed E-state index contributed by atoms with van der Waals surface area (Å²) in [7, 11) is 0. The SMILES string of the molecule is O=C(N/N=C\C=C\c1ccccc1)c1ccc2ccccc2c1. The Morgan fingerprint density at radius 1 is 0.870 bits per heavy atom. The number of rotatable bonds is 4. The molecule has 3 aromatic carbocycles.